The minimum absolute atomic E-state index is 0.0652. The van der Waals surface area contributed by atoms with Crippen molar-refractivity contribution in [2.45, 2.75) is 19.8 Å². The summed E-state index contributed by atoms with van der Waals surface area (Å²) in [4.78, 5) is 0. The summed E-state index contributed by atoms with van der Waals surface area (Å²) in [6.45, 7) is 1.60. The predicted octanol–water partition coefficient (Wildman–Crippen LogP) is 0.0600. The fraction of sp³-hybridized carbons (Fsp3) is 0.750. The van der Waals surface area contributed by atoms with Crippen LogP contribution >= 0.6 is 0 Å². The van der Waals surface area contributed by atoms with Crippen molar-refractivity contribution in [2.24, 2.45) is 0 Å². The van der Waals surface area contributed by atoms with E-state index in [0.29, 0.717) is 5.57 Å². The Morgan fingerprint density at radius 3 is 1.64 bits per heavy atom. The van der Waals surface area contributed by atoms with Crippen LogP contribution in [0.3, 0.4) is 0 Å². The summed E-state index contributed by atoms with van der Waals surface area (Å²) in [6, 6.07) is 0. The molecule has 0 aromatic heterocycles. The van der Waals surface area contributed by atoms with Crippen LogP contribution in [0.25, 0.3) is 0 Å². The predicted molar refractivity (Wildman–Crippen MR) is 43.2 cm³/mol. The van der Waals surface area contributed by atoms with Crippen molar-refractivity contribution >= 4 is 0 Å². The number of rotatable bonds is 5. The van der Waals surface area contributed by atoms with Gasteiger partial charge < -0.3 is 15.3 Å². The molecular weight excluding hydrogens is 144 g/mol. The van der Waals surface area contributed by atoms with Crippen LogP contribution in [0.4, 0.5) is 0 Å². The molecule has 0 rings (SSSR count). The van der Waals surface area contributed by atoms with Crippen molar-refractivity contribution in [3.63, 3.8) is 0 Å². The lowest BCUT2D eigenvalue weighted by molar-refractivity contribution is 0.264. The van der Waals surface area contributed by atoms with Gasteiger partial charge in [0.15, 0.2) is 0 Å². The second kappa shape index (κ2) is 6.34. The van der Waals surface area contributed by atoms with Gasteiger partial charge in [0, 0.05) is 0 Å². The molecule has 0 atom stereocenters. The first-order valence-corrected chi connectivity index (χ1v) is 3.82. The van der Waals surface area contributed by atoms with Gasteiger partial charge in [-0.15, -0.1) is 0 Å². The molecule has 66 valence electrons. The Kier molecular flexibility index (Phi) is 6.12. The lowest BCUT2D eigenvalue weighted by atomic mass is 10.1. The number of aliphatic hydroxyl groups excluding tert-OH is 3. The highest BCUT2D eigenvalue weighted by atomic mass is 16.3. The highest BCUT2D eigenvalue weighted by molar-refractivity contribution is 5.15. The summed E-state index contributed by atoms with van der Waals surface area (Å²) in [5, 5.41) is 26.3. The number of hydrogen-bond donors (Lipinski definition) is 3. The Hall–Kier alpha value is -0.380. The number of aliphatic hydroxyl groups is 3. The monoisotopic (exact) mass is 160 g/mol. The maximum absolute atomic E-state index is 8.81. The van der Waals surface area contributed by atoms with Crippen LogP contribution < -0.4 is 0 Å². The Bertz CT molecular complexity index is 123. The molecule has 0 heterocycles. The largest absolute Gasteiger partial charge is 0.392 e. The van der Waals surface area contributed by atoms with Gasteiger partial charge in [0.2, 0.25) is 0 Å². The van der Waals surface area contributed by atoms with Gasteiger partial charge >= 0.3 is 0 Å². The highest BCUT2D eigenvalue weighted by Crippen LogP contribution is 2.09. The third-order valence-electron chi connectivity index (χ3n) is 1.62. The van der Waals surface area contributed by atoms with Gasteiger partial charge in [-0.05, 0) is 17.6 Å². The molecule has 0 spiro atoms. The topological polar surface area (TPSA) is 60.7 Å². The summed E-state index contributed by atoms with van der Waals surface area (Å²) < 4.78 is 0. The lowest BCUT2D eigenvalue weighted by Gasteiger charge is -2.07. The van der Waals surface area contributed by atoms with Crippen LogP contribution in [0.1, 0.15) is 19.8 Å². The van der Waals surface area contributed by atoms with Gasteiger partial charge in [-0.3, -0.25) is 0 Å². The molecule has 0 amide bonds. The van der Waals surface area contributed by atoms with Crippen molar-refractivity contribution in [2.75, 3.05) is 19.8 Å². The molecule has 3 heteroatoms. The fourth-order valence-corrected chi connectivity index (χ4v) is 0.943. The Morgan fingerprint density at radius 2 is 1.36 bits per heavy atom. The van der Waals surface area contributed by atoms with Crippen LogP contribution in [0.5, 0.6) is 0 Å². The van der Waals surface area contributed by atoms with E-state index in [1.165, 1.54) is 0 Å². The zero-order chi connectivity index (χ0) is 8.69. The summed E-state index contributed by atoms with van der Waals surface area (Å²) in [5.74, 6) is 0. The van der Waals surface area contributed by atoms with Crippen molar-refractivity contribution in [1.29, 1.82) is 0 Å². The summed E-state index contributed by atoms with van der Waals surface area (Å²) in [7, 11) is 0. The quantitative estimate of drug-likeness (QED) is 0.498. The van der Waals surface area contributed by atoms with Crippen molar-refractivity contribution in [1.82, 2.24) is 0 Å². The molecule has 0 aromatic rings. The van der Waals surface area contributed by atoms with E-state index >= 15 is 0 Å². The smallest absolute Gasteiger partial charge is 0.0667 e. The summed E-state index contributed by atoms with van der Waals surface area (Å²) in [5.41, 5.74) is 1.31. The lowest BCUT2D eigenvalue weighted by Crippen LogP contribution is -2.04. The van der Waals surface area contributed by atoms with Crippen LogP contribution in [-0.4, -0.2) is 35.1 Å². The molecule has 0 fully saturated rings. The average Bonchev–Trinajstić information content (AvgIpc) is 2.05. The first-order chi connectivity index (χ1) is 5.29. The SMILES string of the molecule is CCCC(CO)=C(CO)CO. The van der Waals surface area contributed by atoms with Crippen LogP contribution in [0.15, 0.2) is 11.1 Å². The second-order valence-electron chi connectivity index (χ2n) is 2.43. The van der Waals surface area contributed by atoms with Crippen LogP contribution in [0, 0.1) is 0 Å². The maximum atomic E-state index is 8.81. The van der Waals surface area contributed by atoms with Crippen molar-refractivity contribution < 1.29 is 15.3 Å². The second-order valence-corrected chi connectivity index (χ2v) is 2.43. The van der Waals surface area contributed by atoms with E-state index < -0.39 is 0 Å². The highest BCUT2D eigenvalue weighted by Gasteiger charge is 2.02. The molecule has 0 aliphatic rings. The number of hydrogen-bond acceptors (Lipinski definition) is 3. The molecule has 0 saturated heterocycles. The van der Waals surface area contributed by atoms with Crippen LogP contribution in [-0.2, 0) is 0 Å². The Morgan fingerprint density at radius 1 is 0.909 bits per heavy atom. The standard InChI is InChI=1S/C8H16O3/c1-2-3-7(4-9)8(5-10)6-11/h9-11H,2-6H2,1H3. The molecule has 0 aliphatic carbocycles. The van der Waals surface area contributed by atoms with Gasteiger partial charge in [-0.25, -0.2) is 0 Å². The van der Waals surface area contributed by atoms with E-state index in [1.54, 1.807) is 0 Å². The molecule has 0 saturated carbocycles. The summed E-state index contributed by atoms with van der Waals surface area (Å²) >= 11 is 0. The zero-order valence-electron chi connectivity index (χ0n) is 6.88. The van der Waals surface area contributed by atoms with Gasteiger partial charge in [0.25, 0.3) is 0 Å². The average molecular weight is 160 g/mol. The Labute approximate surface area is 67.0 Å². The van der Waals surface area contributed by atoms with E-state index in [0.717, 1.165) is 18.4 Å². The van der Waals surface area contributed by atoms with E-state index in [2.05, 4.69) is 0 Å². The van der Waals surface area contributed by atoms with Gasteiger partial charge in [0.1, 0.15) is 0 Å². The van der Waals surface area contributed by atoms with Gasteiger partial charge in [-0.2, -0.15) is 0 Å². The van der Waals surface area contributed by atoms with Gasteiger partial charge in [-0.1, -0.05) is 13.3 Å². The van der Waals surface area contributed by atoms with Crippen LogP contribution in [0.2, 0.25) is 0 Å². The Balaban J connectivity index is 4.21. The van der Waals surface area contributed by atoms with Gasteiger partial charge in [0.05, 0.1) is 19.8 Å². The zero-order valence-corrected chi connectivity index (χ0v) is 6.88. The molecule has 0 radical (unpaired) electrons. The minimum atomic E-state index is -0.160. The van der Waals surface area contributed by atoms with E-state index in [-0.39, 0.29) is 19.8 Å². The normalized spacial score (nSPS) is 9.82. The molecular formula is C8H16O3. The summed E-state index contributed by atoms with van der Waals surface area (Å²) in [6.07, 6.45) is 1.66. The molecule has 0 unspecified atom stereocenters. The molecule has 11 heavy (non-hydrogen) atoms. The van der Waals surface area contributed by atoms with E-state index in [1.807, 2.05) is 6.92 Å². The van der Waals surface area contributed by atoms with E-state index in [9.17, 15) is 0 Å². The maximum Gasteiger partial charge on any atom is 0.0667 e. The van der Waals surface area contributed by atoms with Crippen molar-refractivity contribution in [3.05, 3.63) is 11.1 Å². The van der Waals surface area contributed by atoms with E-state index in [4.69, 9.17) is 15.3 Å². The minimum Gasteiger partial charge on any atom is -0.392 e. The molecule has 0 aliphatic heterocycles. The molecule has 3 N–H and O–H groups in total. The molecule has 0 aromatic carbocycles. The third kappa shape index (κ3) is 3.51. The first kappa shape index (κ1) is 10.6. The first-order valence-electron chi connectivity index (χ1n) is 3.82. The molecule has 0 bridgehead atoms. The molecule has 3 nitrogen and oxygen atoms in total. The van der Waals surface area contributed by atoms with Crippen molar-refractivity contribution in [3.8, 4) is 0 Å². The third-order valence-corrected chi connectivity index (χ3v) is 1.62. The fourth-order valence-electron chi connectivity index (χ4n) is 0.943.